The van der Waals surface area contributed by atoms with Crippen molar-refractivity contribution in [2.75, 3.05) is 45.1 Å². The first-order valence-corrected chi connectivity index (χ1v) is 11.7. The molecule has 166 valence electrons. The molecule has 3 aromatic carbocycles. The number of halogens is 2. The molecule has 5 nitrogen and oxygen atoms in total. The molecule has 7 heteroatoms. The van der Waals surface area contributed by atoms with E-state index < -0.39 is 0 Å². The van der Waals surface area contributed by atoms with E-state index in [9.17, 15) is 4.79 Å². The van der Waals surface area contributed by atoms with Crippen LogP contribution < -0.4 is 14.5 Å². The summed E-state index contributed by atoms with van der Waals surface area (Å²) < 4.78 is 13.3. The normalized spacial score (nSPS) is 12.5. The van der Waals surface area contributed by atoms with Crippen LogP contribution in [0.5, 0.6) is 11.5 Å². The molecule has 0 aromatic heterocycles. The first kappa shape index (κ1) is 22.7. The van der Waals surface area contributed by atoms with Gasteiger partial charge in [0, 0.05) is 66.3 Å². The summed E-state index contributed by atoms with van der Waals surface area (Å²) in [5, 5.41) is 0. The standard InChI is InChI=1S/C25H24Br2N2O3/c1-28(2)20-12-22-16(10-18(20)26)24(14-6-8-15(9-7-14)25(30)31-5)17-11-19(27)21(29(3)4)13-23(17)32-22/h6-13,24H,1-5H3. The molecule has 32 heavy (non-hydrogen) atoms. The van der Waals surface area contributed by atoms with E-state index in [1.54, 1.807) is 0 Å². The number of carbonyl (C=O) groups excluding carboxylic acids is 1. The second-order valence-corrected chi connectivity index (χ2v) is 9.83. The SMILES string of the molecule is COC(=O)c1ccc(C2c3cc(Br)c(N(C)C)cc3Oc3cc(N(C)C)c(Br)cc32)cc1. The smallest absolute Gasteiger partial charge is 0.337 e. The summed E-state index contributed by atoms with van der Waals surface area (Å²) >= 11 is 7.45. The van der Waals surface area contributed by atoms with Gasteiger partial charge in [-0.2, -0.15) is 0 Å². The fraction of sp³-hybridized carbons (Fsp3) is 0.240. The van der Waals surface area contributed by atoms with E-state index in [0.29, 0.717) is 5.56 Å². The monoisotopic (exact) mass is 558 g/mol. The van der Waals surface area contributed by atoms with Gasteiger partial charge >= 0.3 is 5.97 Å². The van der Waals surface area contributed by atoms with Crippen molar-refractivity contribution in [2.45, 2.75) is 5.92 Å². The number of fused-ring (bicyclic) bond motifs is 2. The molecule has 0 atom stereocenters. The van der Waals surface area contributed by atoms with Crippen molar-refractivity contribution in [3.8, 4) is 11.5 Å². The van der Waals surface area contributed by atoms with E-state index in [1.807, 2.05) is 52.5 Å². The molecule has 0 unspecified atom stereocenters. The number of carbonyl (C=O) groups is 1. The number of methoxy groups -OCH3 is 1. The number of hydrogen-bond donors (Lipinski definition) is 0. The predicted octanol–water partition coefficient (Wildman–Crippen LogP) is 6.42. The Kier molecular flexibility index (Phi) is 6.23. The molecule has 1 heterocycles. The van der Waals surface area contributed by atoms with E-state index in [2.05, 4.69) is 65.9 Å². The number of nitrogens with zero attached hydrogens (tertiary/aromatic N) is 2. The summed E-state index contributed by atoms with van der Waals surface area (Å²) in [6, 6.07) is 16.0. The number of rotatable bonds is 4. The van der Waals surface area contributed by atoms with Crippen LogP contribution >= 0.6 is 31.9 Å². The molecular weight excluding hydrogens is 536 g/mol. The van der Waals surface area contributed by atoms with Crippen LogP contribution in [0.1, 0.15) is 33.0 Å². The molecule has 0 fully saturated rings. The van der Waals surface area contributed by atoms with Crippen molar-refractivity contribution >= 4 is 49.2 Å². The Hall–Kier alpha value is -2.51. The Labute approximate surface area is 205 Å². The quantitative estimate of drug-likeness (QED) is 0.270. The van der Waals surface area contributed by atoms with Gasteiger partial charge in [-0.1, -0.05) is 12.1 Å². The minimum atomic E-state index is -0.346. The number of esters is 1. The second-order valence-electron chi connectivity index (χ2n) is 8.12. The van der Waals surface area contributed by atoms with E-state index >= 15 is 0 Å². The van der Waals surface area contributed by atoms with Gasteiger partial charge < -0.3 is 19.3 Å². The molecule has 0 radical (unpaired) electrons. The summed E-state index contributed by atoms with van der Waals surface area (Å²) in [5.74, 6) is 1.23. The van der Waals surface area contributed by atoms with Crippen LogP contribution in [0, 0.1) is 0 Å². The Bertz CT molecular complexity index is 1130. The topological polar surface area (TPSA) is 42.0 Å². The van der Waals surface area contributed by atoms with E-state index in [-0.39, 0.29) is 11.9 Å². The molecule has 0 aliphatic carbocycles. The summed E-state index contributed by atoms with van der Waals surface area (Å²) in [5.41, 5.74) is 5.79. The highest BCUT2D eigenvalue weighted by Gasteiger charge is 2.31. The number of ether oxygens (including phenoxy) is 2. The van der Waals surface area contributed by atoms with Crippen molar-refractivity contribution < 1.29 is 14.3 Å². The highest BCUT2D eigenvalue weighted by molar-refractivity contribution is 9.11. The van der Waals surface area contributed by atoms with Gasteiger partial charge in [-0.3, -0.25) is 0 Å². The van der Waals surface area contributed by atoms with Crippen molar-refractivity contribution in [3.05, 3.63) is 79.7 Å². The highest BCUT2D eigenvalue weighted by Crippen LogP contribution is 2.51. The lowest BCUT2D eigenvalue weighted by Gasteiger charge is -2.31. The Morgan fingerprint density at radius 2 is 1.31 bits per heavy atom. The third-order valence-electron chi connectivity index (χ3n) is 5.63. The van der Waals surface area contributed by atoms with Gasteiger partial charge in [-0.05, 0) is 61.7 Å². The molecule has 0 amide bonds. The molecule has 0 saturated carbocycles. The maximum atomic E-state index is 11.9. The molecular formula is C25H24Br2N2O3. The average molecular weight is 560 g/mol. The third-order valence-corrected chi connectivity index (χ3v) is 6.90. The molecule has 0 N–H and O–H groups in total. The summed E-state index contributed by atoms with van der Waals surface area (Å²) in [6.45, 7) is 0. The van der Waals surface area contributed by atoms with E-state index in [0.717, 1.165) is 48.5 Å². The van der Waals surface area contributed by atoms with Crippen LogP contribution in [0.15, 0.2) is 57.5 Å². The molecule has 4 rings (SSSR count). The van der Waals surface area contributed by atoms with Crippen LogP contribution in [-0.4, -0.2) is 41.3 Å². The highest BCUT2D eigenvalue weighted by atomic mass is 79.9. The van der Waals surface area contributed by atoms with Crippen LogP contribution in [0.25, 0.3) is 0 Å². The van der Waals surface area contributed by atoms with Crippen LogP contribution in [0.2, 0.25) is 0 Å². The zero-order valence-corrected chi connectivity index (χ0v) is 21.7. The van der Waals surface area contributed by atoms with Gasteiger partial charge in [0.2, 0.25) is 0 Å². The minimum absolute atomic E-state index is 0.0551. The van der Waals surface area contributed by atoms with Crippen molar-refractivity contribution in [1.82, 2.24) is 0 Å². The first-order chi connectivity index (χ1) is 15.2. The lowest BCUT2D eigenvalue weighted by atomic mass is 9.82. The summed E-state index contributed by atoms with van der Waals surface area (Å²) in [7, 11) is 9.42. The maximum Gasteiger partial charge on any atom is 0.337 e. The molecule has 0 saturated heterocycles. The van der Waals surface area contributed by atoms with Crippen LogP contribution in [-0.2, 0) is 4.74 Å². The lowest BCUT2D eigenvalue weighted by molar-refractivity contribution is 0.0600. The lowest BCUT2D eigenvalue weighted by Crippen LogP contribution is -2.16. The van der Waals surface area contributed by atoms with Gasteiger partial charge in [0.1, 0.15) is 11.5 Å². The van der Waals surface area contributed by atoms with Gasteiger partial charge in [-0.25, -0.2) is 4.79 Å². The Morgan fingerprint density at radius 1 is 0.844 bits per heavy atom. The van der Waals surface area contributed by atoms with Gasteiger partial charge in [-0.15, -0.1) is 0 Å². The summed E-state index contributed by atoms with van der Waals surface area (Å²) in [4.78, 5) is 16.0. The van der Waals surface area contributed by atoms with Gasteiger partial charge in [0.15, 0.2) is 0 Å². The summed E-state index contributed by atoms with van der Waals surface area (Å²) in [6.07, 6.45) is 0. The van der Waals surface area contributed by atoms with Crippen molar-refractivity contribution in [3.63, 3.8) is 0 Å². The van der Waals surface area contributed by atoms with Crippen molar-refractivity contribution in [2.24, 2.45) is 0 Å². The van der Waals surface area contributed by atoms with Gasteiger partial charge in [0.25, 0.3) is 0 Å². The van der Waals surface area contributed by atoms with Crippen LogP contribution in [0.4, 0.5) is 11.4 Å². The molecule has 1 aliphatic rings. The maximum absolute atomic E-state index is 11.9. The van der Waals surface area contributed by atoms with Crippen molar-refractivity contribution in [1.29, 1.82) is 0 Å². The van der Waals surface area contributed by atoms with Crippen LogP contribution in [0.3, 0.4) is 0 Å². The van der Waals surface area contributed by atoms with E-state index in [4.69, 9.17) is 9.47 Å². The predicted molar refractivity (Wildman–Crippen MR) is 136 cm³/mol. The fourth-order valence-corrected chi connectivity index (χ4v) is 5.44. The number of hydrogen-bond acceptors (Lipinski definition) is 5. The zero-order valence-electron chi connectivity index (χ0n) is 18.6. The second kappa shape index (κ2) is 8.79. The number of benzene rings is 3. The first-order valence-electron chi connectivity index (χ1n) is 10.1. The molecule has 0 bridgehead atoms. The Morgan fingerprint density at radius 3 is 1.72 bits per heavy atom. The van der Waals surface area contributed by atoms with E-state index in [1.165, 1.54) is 7.11 Å². The average Bonchev–Trinajstić information content (AvgIpc) is 2.76. The molecule has 3 aromatic rings. The molecule has 0 spiro atoms. The van der Waals surface area contributed by atoms with Gasteiger partial charge in [0.05, 0.1) is 24.0 Å². The third kappa shape index (κ3) is 3.99. The molecule has 1 aliphatic heterocycles. The number of anilines is 2. The zero-order chi connectivity index (χ0) is 23.2. The minimum Gasteiger partial charge on any atom is -0.465 e. The Balaban J connectivity index is 1.93. The largest absolute Gasteiger partial charge is 0.465 e. The fourth-order valence-electron chi connectivity index (χ4n) is 4.00.